The Balaban J connectivity index is 1.59. The van der Waals surface area contributed by atoms with Crippen LogP contribution >= 0.6 is 0 Å². The van der Waals surface area contributed by atoms with Crippen LogP contribution in [0.25, 0.3) is 0 Å². The molecule has 4 amide bonds. The van der Waals surface area contributed by atoms with Crippen LogP contribution in [0.15, 0.2) is 30.3 Å². The van der Waals surface area contributed by atoms with E-state index in [-0.39, 0.29) is 17.8 Å². The lowest BCUT2D eigenvalue weighted by Crippen LogP contribution is -2.57. The third-order valence-electron chi connectivity index (χ3n) is 5.03. The Bertz CT molecular complexity index is 683. The minimum absolute atomic E-state index is 0.106. The number of imide groups is 1. The highest BCUT2D eigenvalue weighted by molar-refractivity contribution is 6.07. The van der Waals surface area contributed by atoms with Gasteiger partial charge < -0.3 is 15.0 Å². The first-order chi connectivity index (χ1) is 12.5. The third-order valence-corrected chi connectivity index (χ3v) is 5.03. The topological polar surface area (TPSA) is 79.0 Å². The van der Waals surface area contributed by atoms with Gasteiger partial charge in [0, 0.05) is 19.6 Å². The molecule has 140 valence electrons. The van der Waals surface area contributed by atoms with Crippen LogP contribution in [0.4, 0.5) is 4.79 Å². The van der Waals surface area contributed by atoms with Crippen LogP contribution in [0.1, 0.15) is 33.1 Å². The average Bonchev–Trinajstić information content (AvgIpc) is 2.87. The monoisotopic (exact) mass is 359 g/mol. The Morgan fingerprint density at radius 3 is 2.50 bits per heavy atom. The van der Waals surface area contributed by atoms with Gasteiger partial charge in [-0.05, 0) is 38.3 Å². The van der Waals surface area contributed by atoms with Crippen molar-refractivity contribution in [3.05, 3.63) is 30.3 Å². The van der Waals surface area contributed by atoms with E-state index in [2.05, 4.69) is 5.32 Å². The molecule has 1 N–H and O–H groups in total. The molecule has 26 heavy (non-hydrogen) atoms. The first kappa shape index (κ1) is 18.2. The van der Waals surface area contributed by atoms with E-state index in [4.69, 9.17) is 4.74 Å². The number of amides is 4. The Hall–Kier alpha value is -2.57. The molecule has 2 aliphatic heterocycles. The molecule has 1 aromatic rings. The molecule has 2 fully saturated rings. The summed E-state index contributed by atoms with van der Waals surface area (Å²) >= 11 is 0. The molecule has 1 spiro atoms. The summed E-state index contributed by atoms with van der Waals surface area (Å²) in [6.07, 6.45) is 0.995. The summed E-state index contributed by atoms with van der Waals surface area (Å²) in [5, 5.41) is 2.85. The molecule has 2 heterocycles. The number of hydrogen-bond donors (Lipinski definition) is 1. The van der Waals surface area contributed by atoms with Crippen LogP contribution in [0.3, 0.4) is 0 Å². The summed E-state index contributed by atoms with van der Waals surface area (Å²) < 4.78 is 5.70. The maximum atomic E-state index is 12.6. The highest BCUT2D eigenvalue weighted by Gasteiger charge is 2.52. The van der Waals surface area contributed by atoms with Gasteiger partial charge in [-0.25, -0.2) is 4.79 Å². The minimum Gasteiger partial charge on any atom is -0.481 e. The number of benzene rings is 1. The number of carbonyl (C=O) groups is 3. The van der Waals surface area contributed by atoms with E-state index in [1.54, 1.807) is 11.8 Å². The van der Waals surface area contributed by atoms with E-state index in [1.807, 2.05) is 37.3 Å². The molecule has 7 heteroatoms. The Labute approximate surface area is 153 Å². The second-order valence-electron chi connectivity index (χ2n) is 6.87. The number of hydrogen-bond acceptors (Lipinski definition) is 4. The molecule has 0 aliphatic carbocycles. The quantitative estimate of drug-likeness (QED) is 0.813. The first-order valence-corrected chi connectivity index (χ1v) is 9.11. The normalized spacial score (nSPS) is 20.2. The third kappa shape index (κ3) is 3.38. The molecule has 7 nitrogen and oxygen atoms in total. The number of urea groups is 1. The highest BCUT2D eigenvalue weighted by atomic mass is 16.5. The molecular weight excluding hydrogens is 334 g/mol. The van der Waals surface area contributed by atoms with Crippen molar-refractivity contribution in [1.29, 1.82) is 0 Å². The number of rotatable bonds is 5. The molecule has 0 saturated carbocycles. The van der Waals surface area contributed by atoms with E-state index in [0.717, 1.165) is 6.42 Å². The smallest absolute Gasteiger partial charge is 0.325 e. The van der Waals surface area contributed by atoms with Gasteiger partial charge in [0.05, 0.1) is 0 Å². The minimum atomic E-state index is -0.855. The van der Waals surface area contributed by atoms with Crippen molar-refractivity contribution in [3.63, 3.8) is 0 Å². The molecule has 3 rings (SSSR count). The van der Waals surface area contributed by atoms with Crippen molar-refractivity contribution in [2.45, 2.75) is 44.8 Å². The van der Waals surface area contributed by atoms with Gasteiger partial charge in [-0.15, -0.1) is 0 Å². The SMILES string of the molecule is CCCN1C(=O)NC2(CCN(C(=O)[C@@H](C)Oc3ccccc3)CC2)C1=O. The molecular formula is C19H25N3O4. The lowest BCUT2D eigenvalue weighted by molar-refractivity contribution is -0.142. The molecule has 2 aliphatic rings. The molecule has 0 aromatic heterocycles. The van der Waals surface area contributed by atoms with Gasteiger partial charge in [0.2, 0.25) is 0 Å². The van der Waals surface area contributed by atoms with E-state index >= 15 is 0 Å². The van der Waals surface area contributed by atoms with Crippen molar-refractivity contribution < 1.29 is 19.1 Å². The van der Waals surface area contributed by atoms with Crippen LogP contribution in [0.2, 0.25) is 0 Å². The maximum absolute atomic E-state index is 12.6. The van der Waals surface area contributed by atoms with Gasteiger partial charge in [-0.1, -0.05) is 25.1 Å². The fraction of sp³-hybridized carbons (Fsp3) is 0.526. The fourth-order valence-corrected chi connectivity index (χ4v) is 3.56. The van der Waals surface area contributed by atoms with Crippen LogP contribution in [0, 0.1) is 0 Å². The van der Waals surface area contributed by atoms with Crippen molar-refractivity contribution >= 4 is 17.8 Å². The van der Waals surface area contributed by atoms with Gasteiger partial charge >= 0.3 is 6.03 Å². The standard InChI is InChI=1S/C19H25N3O4/c1-3-11-22-17(24)19(20-18(22)25)9-12-21(13-10-19)16(23)14(2)26-15-7-5-4-6-8-15/h4-8,14H,3,9-13H2,1-2H3,(H,20,25)/t14-/m1/s1. The molecule has 1 atom stereocenters. The Morgan fingerprint density at radius 2 is 1.88 bits per heavy atom. The molecule has 0 unspecified atom stereocenters. The zero-order valence-corrected chi connectivity index (χ0v) is 15.2. The number of para-hydroxylation sites is 1. The van der Waals surface area contributed by atoms with Gasteiger partial charge in [0.1, 0.15) is 11.3 Å². The summed E-state index contributed by atoms with van der Waals surface area (Å²) in [6.45, 7) is 4.93. The van der Waals surface area contributed by atoms with E-state index in [0.29, 0.717) is 38.2 Å². The number of ether oxygens (including phenoxy) is 1. The van der Waals surface area contributed by atoms with Crippen LogP contribution in [0.5, 0.6) is 5.75 Å². The summed E-state index contributed by atoms with van der Waals surface area (Å²) in [7, 11) is 0. The lowest BCUT2D eigenvalue weighted by atomic mass is 9.87. The van der Waals surface area contributed by atoms with E-state index in [9.17, 15) is 14.4 Å². The van der Waals surface area contributed by atoms with E-state index in [1.165, 1.54) is 4.90 Å². The van der Waals surface area contributed by atoms with Gasteiger partial charge in [0.15, 0.2) is 6.10 Å². The Kier molecular flexibility index (Phi) is 5.15. The largest absolute Gasteiger partial charge is 0.481 e. The predicted molar refractivity (Wildman–Crippen MR) is 95.6 cm³/mol. The number of nitrogens with one attached hydrogen (secondary N) is 1. The number of likely N-dealkylation sites (tertiary alicyclic amines) is 1. The summed E-state index contributed by atoms with van der Waals surface area (Å²) in [5.41, 5.74) is -0.855. The fourth-order valence-electron chi connectivity index (χ4n) is 3.56. The number of piperidine rings is 1. The molecule has 1 aromatic carbocycles. The van der Waals surface area contributed by atoms with Crippen molar-refractivity contribution in [3.8, 4) is 5.75 Å². The maximum Gasteiger partial charge on any atom is 0.325 e. The van der Waals surface area contributed by atoms with Crippen molar-refractivity contribution in [1.82, 2.24) is 15.1 Å². The van der Waals surface area contributed by atoms with Crippen LogP contribution in [-0.2, 0) is 9.59 Å². The number of carbonyl (C=O) groups excluding carboxylic acids is 3. The Morgan fingerprint density at radius 1 is 1.23 bits per heavy atom. The molecule has 2 saturated heterocycles. The molecule has 0 radical (unpaired) electrons. The predicted octanol–water partition coefficient (Wildman–Crippen LogP) is 1.78. The first-order valence-electron chi connectivity index (χ1n) is 9.11. The lowest BCUT2D eigenvalue weighted by Gasteiger charge is -2.38. The molecule has 0 bridgehead atoms. The van der Waals surface area contributed by atoms with Gasteiger partial charge in [-0.3, -0.25) is 14.5 Å². The average molecular weight is 359 g/mol. The zero-order valence-electron chi connectivity index (χ0n) is 15.2. The summed E-state index contributed by atoms with van der Waals surface area (Å²) in [4.78, 5) is 40.4. The van der Waals surface area contributed by atoms with E-state index < -0.39 is 11.6 Å². The van der Waals surface area contributed by atoms with Crippen molar-refractivity contribution in [2.75, 3.05) is 19.6 Å². The summed E-state index contributed by atoms with van der Waals surface area (Å²) in [5.74, 6) is 0.381. The zero-order chi connectivity index (χ0) is 18.7. The van der Waals surface area contributed by atoms with Crippen LogP contribution < -0.4 is 10.1 Å². The van der Waals surface area contributed by atoms with Crippen molar-refractivity contribution in [2.24, 2.45) is 0 Å². The summed E-state index contributed by atoms with van der Waals surface area (Å²) in [6, 6.07) is 8.89. The van der Waals surface area contributed by atoms with Gasteiger partial charge in [-0.2, -0.15) is 0 Å². The number of nitrogens with zero attached hydrogens (tertiary/aromatic N) is 2. The second-order valence-corrected chi connectivity index (χ2v) is 6.87. The second kappa shape index (κ2) is 7.35. The highest BCUT2D eigenvalue weighted by Crippen LogP contribution is 2.30. The van der Waals surface area contributed by atoms with Gasteiger partial charge in [0.25, 0.3) is 11.8 Å². The van der Waals surface area contributed by atoms with Crippen LogP contribution in [-0.4, -0.2) is 58.9 Å².